The summed E-state index contributed by atoms with van der Waals surface area (Å²) in [6, 6.07) is 0. The van der Waals surface area contributed by atoms with Crippen LogP contribution in [0.25, 0.3) is 0 Å². The molecule has 0 saturated carbocycles. The van der Waals surface area contributed by atoms with Gasteiger partial charge in [0.25, 0.3) is 0 Å². The number of nitrogen functional groups attached to an aromatic ring is 1. The van der Waals surface area contributed by atoms with Gasteiger partial charge in [-0.15, -0.1) is 0 Å². The molecule has 0 spiro atoms. The van der Waals surface area contributed by atoms with E-state index in [9.17, 15) is 0 Å². The molecule has 1 saturated heterocycles. The van der Waals surface area contributed by atoms with Crippen molar-refractivity contribution in [2.45, 2.75) is 39.5 Å². The summed E-state index contributed by atoms with van der Waals surface area (Å²) in [4.78, 5) is 10.4. The summed E-state index contributed by atoms with van der Waals surface area (Å²) in [6.45, 7) is 6.57. The van der Waals surface area contributed by atoms with E-state index in [1.165, 1.54) is 32.0 Å². The molecule has 0 aliphatic carbocycles. The van der Waals surface area contributed by atoms with Crippen LogP contribution in [0.5, 0.6) is 0 Å². The molecular weight excluding hydrogens is 248 g/mol. The molecule has 1 aromatic rings. The molecule has 1 aromatic heterocycles. The van der Waals surface area contributed by atoms with Crippen molar-refractivity contribution in [3.8, 4) is 0 Å². The van der Waals surface area contributed by atoms with Crippen LogP contribution in [-0.2, 0) is 0 Å². The zero-order valence-electron chi connectivity index (χ0n) is 11.1. The van der Waals surface area contributed by atoms with Gasteiger partial charge in [-0.2, -0.15) is 0 Å². The second-order valence-corrected chi connectivity index (χ2v) is 5.47. The normalized spacial score (nSPS) is 18.9. The van der Waals surface area contributed by atoms with Crippen LogP contribution in [-0.4, -0.2) is 23.1 Å². The first-order valence-electron chi connectivity index (χ1n) is 6.63. The summed E-state index contributed by atoms with van der Waals surface area (Å²) in [5.41, 5.74) is 6.22. The number of aromatic nitrogens is 2. The Labute approximate surface area is 114 Å². The third kappa shape index (κ3) is 2.39. The van der Waals surface area contributed by atoms with E-state index in [0.717, 1.165) is 18.9 Å². The van der Waals surface area contributed by atoms with Crippen molar-refractivity contribution >= 4 is 23.2 Å². The maximum Gasteiger partial charge on any atom is 0.153 e. The monoisotopic (exact) mass is 268 g/mol. The lowest BCUT2D eigenvalue weighted by atomic mass is 9.74. The van der Waals surface area contributed by atoms with Gasteiger partial charge in [-0.3, -0.25) is 0 Å². The Morgan fingerprint density at radius 3 is 2.44 bits per heavy atom. The number of piperidine rings is 1. The topological polar surface area (TPSA) is 55.0 Å². The Morgan fingerprint density at radius 2 is 1.89 bits per heavy atom. The molecular formula is C13H21ClN4. The van der Waals surface area contributed by atoms with Gasteiger partial charge in [-0.25, -0.2) is 9.97 Å². The quantitative estimate of drug-likeness (QED) is 0.915. The van der Waals surface area contributed by atoms with E-state index in [2.05, 4.69) is 28.7 Å². The highest BCUT2D eigenvalue weighted by atomic mass is 35.5. The average molecular weight is 269 g/mol. The summed E-state index contributed by atoms with van der Waals surface area (Å²) < 4.78 is 0. The van der Waals surface area contributed by atoms with Crippen molar-refractivity contribution in [2.75, 3.05) is 23.7 Å². The smallest absolute Gasteiger partial charge is 0.153 e. The lowest BCUT2D eigenvalue weighted by Crippen LogP contribution is -2.40. The fraction of sp³-hybridized carbons (Fsp3) is 0.692. The van der Waals surface area contributed by atoms with E-state index in [1.54, 1.807) is 0 Å². The standard InChI is InChI=1S/C13H21ClN4/c1-3-13(4-2)5-7-18(8-6-13)12-10(14)11(15)16-9-17-12/h9H,3-8H2,1-2H3,(H2,15,16,17). The van der Waals surface area contributed by atoms with Crippen molar-refractivity contribution in [2.24, 2.45) is 5.41 Å². The maximum absolute atomic E-state index is 6.17. The van der Waals surface area contributed by atoms with Crippen LogP contribution >= 0.6 is 11.6 Å². The van der Waals surface area contributed by atoms with Crippen LogP contribution < -0.4 is 10.6 Å². The highest BCUT2D eigenvalue weighted by Crippen LogP contribution is 2.40. The van der Waals surface area contributed by atoms with Crippen molar-refractivity contribution in [3.05, 3.63) is 11.3 Å². The van der Waals surface area contributed by atoms with E-state index in [-0.39, 0.29) is 0 Å². The van der Waals surface area contributed by atoms with E-state index in [4.69, 9.17) is 17.3 Å². The Balaban J connectivity index is 2.12. The molecule has 2 N–H and O–H groups in total. The molecule has 0 bridgehead atoms. The molecule has 0 aromatic carbocycles. The minimum absolute atomic E-state index is 0.365. The second kappa shape index (κ2) is 5.31. The molecule has 0 amide bonds. The second-order valence-electron chi connectivity index (χ2n) is 5.09. The number of hydrogen-bond acceptors (Lipinski definition) is 4. The fourth-order valence-electron chi connectivity index (χ4n) is 2.74. The third-order valence-electron chi connectivity index (χ3n) is 4.42. The minimum Gasteiger partial charge on any atom is -0.382 e. The molecule has 18 heavy (non-hydrogen) atoms. The summed E-state index contributed by atoms with van der Waals surface area (Å²) >= 11 is 6.17. The predicted molar refractivity (Wildman–Crippen MR) is 75.9 cm³/mol. The summed E-state index contributed by atoms with van der Waals surface area (Å²) in [5, 5.41) is 0.484. The first-order chi connectivity index (χ1) is 8.62. The fourth-order valence-corrected chi connectivity index (χ4v) is 2.96. The van der Waals surface area contributed by atoms with Gasteiger partial charge in [0, 0.05) is 13.1 Å². The molecule has 1 aliphatic heterocycles. The lowest BCUT2D eigenvalue weighted by Gasteiger charge is -2.41. The number of anilines is 2. The molecule has 1 fully saturated rings. The summed E-state index contributed by atoms with van der Waals surface area (Å²) in [5.74, 6) is 1.15. The Bertz CT molecular complexity index is 407. The van der Waals surface area contributed by atoms with Gasteiger partial charge in [0.15, 0.2) is 5.82 Å². The molecule has 100 valence electrons. The van der Waals surface area contributed by atoms with Crippen molar-refractivity contribution in [3.63, 3.8) is 0 Å². The van der Waals surface area contributed by atoms with Crippen LogP contribution in [0.15, 0.2) is 6.33 Å². The summed E-state index contributed by atoms with van der Waals surface area (Å²) in [7, 11) is 0. The van der Waals surface area contributed by atoms with Gasteiger partial charge in [0.05, 0.1) is 0 Å². The van der Waals surface area contributed by atoms with E-state index in [1.807, 2.05) is 0 Å². The van der Waals surface area contributed by atoms with Crippen molar-refractivity contribution in [1.82, 2.24) is 9.97 Å². The molecule has 0 radical (unpaired) electrons. The van der Waals surface area contributed by atoms with Crippen molar-refractivity contribution in [1.29, 1.82) is 0 Å². The van der Waals surface area contributed by atoms with Gasteiger partial charge in [-0.05, 0) is 18.3 Å². The third-order valence-corrected chi connectivity index (χ3v) is 4.78. The van der Waals surface area contributed by atoms with Gasteiger partial charge < -0.3 is 10.6 Å². The van der Waals surface area contributed by atoms with Gasteiger partial charge in [0.1, 0.15) is 17.2 Å². The van der Waals surface area contributed by atoms with Crippen LogP contribution in [0.1, 0.15) is 39.5 Å². The zero-order valence-corrected chi connectivity index (χ0v) is 11.9. The number of nitrogens with two attached hydrogens (primary N) is 1. The zero-order chi connectivity index (χ0) is 13.2. The van der Waals surface area contributed by atoms with Gasteiger partial charge in [0.2, 0.25) is 0 Å². The minimum atomic E-state index is 0.365. The molecule has 0 atom stereocenters. The predicted octanol–water partition coefficient (Wildman–Crippen LogP) is 3.12. The molecule has 5 heteroatoms. The average Bonchev–Trinajstić information content (AvgIpc) is 2.42. The summed E-state index contributed by atoms with van der Waals surface area (Å²) in [6.07, 6.45) is 6.37. The van der Waals surface area contributed by atoms with Gasteiger partial charge >= 0.3 is 0 Å². The lowest BCUT2D eigenvalue weighted by molar-refractivity contribution is 0.199. The number of nitrogens with zero attached hydrogens (tertiary/aromatic N) is 3. The van der Waals surface area contributed by atoms with E-state index in [0.29, 0.717) is 16.3 Å². The maximum atomic E-state index is 6.17. The molecule has 2 heterocycles. The highest BCUT2D eigenvalue weighted by Gasteiger charge is 2.32. The number of hydrogen-bond donors (Lipinski definition) is 1. The largest absolute Gasteiger partial charge is 0.382 e. The molecule has 4 nitrogen and oxygen atoms in total. The number of rotatable bonds is 3. The Kier molecular flexibility index (Phi) is 3.95. The van der Waals surface area contributed by atoms with Crippen LogP contribution in [0, 0.1) is 5.41 Å². The van der Waals surface area contributed by atoms with Crippen molar-refractivity contribution < 1.29 is 0 Å². The first kappa shape index (κ1) is 13.4. The number of halogens is 1. The van der Waals surface area contributed by atoms with Crippen LogP contribution in [0.2, 0.25) is 5.02 Å². The Morgan fingerprint density at radius 1 is 1.28 bits per heavy atom. The van der Waals surface area contributed by atoms with Crippen LogP contribution in [0.4, 0.5) is 11.6 Å². The molecule has 2 rings (SSSR count). The van der Waals surface area contributed by atoms with E-state index < -0.39 is 0 Å². The SMILES string of the molecule is CCC1(CC)CCN(c2ncnc(N)c2Cl)CC1. The molecule has 1 aliphatic rings. The first-order valence-corrected chi connectivity index (χ1v) is 7.00. The van der Waals surface area contributed by atoms with Gasteiger partial charge in [-0.1, -0.05) is 38.3 Å². The highest BCUT2D eigenvalue weighted by molar-refractivity contribution is 6.35. The van der Waals surface area contributed by atoms with E-state index >= 15 is 0 Å². The Hall–Kier alpha value is -1.03. The molecule has 0 unspecified atom stereocenters. The van der Waals surface area contributed by atoms with Crippen LogP contribution in [0.3, 0.4) is 0 Å².